The third-order valence-corrected chi connectivity index (χ3v) is 7.93. The molecule has 0 aromatic heterocycles. The van der Waals surface area contributed by atoms with Crippen molar-refractivity contribution in [2.75, 3.05) is 20.3 Å². The van der Waals surface area contributed by atoms with Crippen LogP contribution in [0.25, 0.3) is 0 Å². The summed E-state index contributed by atoms with van der Waals surface area (Å²) in [6.45, 7) is 5.32. The van der Waals surface area contributed by atoms with Gasteiger partial charge in [0.15, 0.2) is 0 Å². The van der Waals surface area contributed by atoms with Gasteiger partial charge < -0.3 is 9.47 Å². The minimum Gasteiger partial charge on any atom is -0.380 e. The molecule has 2 aliphatic rings. The first-order valence-electron chi connectivity index (χ1n) is 14.2. The van der Waals surface area contributed by atoms with Crippen LogP contribution in [0.15, 0.2) is 42.5 Å². The van der Waals surface area contributed by atoms with E-state index in [9.17, 15) is 10.0 Å². The smallest absolute Gasteiger partial charge is 0.251 e. The highest BCUT2D eigenvalue weighted by Gasteiger charge is 2.47. The number of carbonyl (C=O) groups excluding carboxylic acids is 1. The molecule has 0 unspecified atom stereocenters. The highest BCUT2D eigenvalue weighted by atomic mass is 16.5. The van der Waals surface area contributed by atoms with E-state index in [2.05, 4.69) is 48.3 Å². The van der Waals surface area contributed by atoms with Gasteiger partial charge in [-0.3, -0.25) is 10.0 Å². The summed E-state index contributed by atoms with van der Waals surface area (Å²) in [5.74, 6) is 7.52. The number of fused-ring (bicyclic) bond motifs is 2. The Morgan fingerprint density at radius 1 is 1.08 bits per heavy atom. The van der Waals surface area contributed by atoms with Gasteiger partial charge in [-0.05, 0) is 68.8 Å². The predicted molar refractivity (Wildman–Crippen MR) is 148 cm³/mol. The van der Waals surface area contributed by atoms with E-state index in [1.807, 2.05) is 19.9 Å². The molecule has 0 radical (unpaired) electrons. The molecule has 1 N–H and O–H groups in total. The molecule has 5 heteroatoms. The number of aryl methyl sites for hydroxylation is 1. The minimum absolute atomic E-state index is 0.238. The summed E-state index contributed by atoms with van der Waals surface area (Å²) in [6, 6.07) is 10.5. The summed E-state index contributed by atoms with van der Waals surface area (Å²) in [4.78, 5) is 12.1. The Morgan fingerprint density at radius 3 is 2.57 bits per heavy atom. The van der Waals surface area contributed by atoms with Gasteiger partial charge >= 0.3 is 0 Å². The van der Waals surface area contributed by atoms with Gasteiger partial charge in [-0.15, -0.1) is 11.8 Å². The van der Waals surface area contributed by atoms with E-state index < -0.39 is 5.41 Å². The molecule has 0 saturated carbocycles. The Hall–Kier alpha value is -2.13. The van der Waals surface area contributed by atoms with Crippen LogP contribution in [0.3, 0.4) is 0 Å². The van der Waals surface area contributed by atoms with Crippen molar-refractivity contribution in [2.24, 2.45) is 17.3 Å². The summed E-state index contributed by atoms with van der Waals surface area (Å²) < 4.78 is 12.1. The van der Waals surface area contributed by atoms with Crippen molar-refractivity contribution in [3.8, 4) is 11.8 Å². The van der Waals surface area contributed by atoms with E-state index in [0.29, 0.717) is 29.1 Å². The number of carbonyl (C=O) groups is 1. The molecule has 1 aromatic rings. The number of benzene rings is 1. The van der Waals surface area contributed by atoms with Crippen molar-refractivity contribution < 1.29 is 19.5 Å². The van der Waals surface area contributed by atoms with Crippen LogP contribution in [-0.4, -0.2) is 48.6 Å². The quantitative estimate of drug-likeness (QED) is 0.0952. The van der Waals surface area contributed by atoms with Crippen molar-refractivity contribution in [3.63, 3.8) is 0 Å². The Bertz CT molecular complexity index is 898. The van der Waals surface area contributed by atoms with Crippen LogP contribution in [0.2, 0.25) is 0 Å². The molecular weight excluding hydrogens is 462 g/mol. The fourth-order valence-electron chi connectivity index (χ4n) is 5.80. The van der Waals surface area contributed by atoms with E-state index in [1.54, 1.807) is 0 Å². The number of allylic oxidation sites excluding steroid dienone is 2. The molecular formula is C32H47NO4. The van der Waals surface area contributed by atoms with Crippen LogP contribution in [0.1, 0.15) is 83.6 Å². The van der Waals surface area contributed by atoms with Gasteiger partial charge in [-0.1, -0.05) is 62.8 Å². The van der Waals surface area contributed by atoms with Crippen LogP contribution in [-0.2, 0) is 20.7 Å². The number of rotatable bonds is 15. The number of amides is 1. The zero-order valence-corrected chi connectivity index (χ0v) is 23.2. The molecule has 0 spiro atoms. The number of hydrogen-bond acceptors (Lipinski definition) is 4. The first-order valence-corrected chi connectivity index (χ1v) is 14.2. The lowest BCUT2D eigenvalue weighted by molar-refractivity contribution is -0.169. The second kappa shape index (κ2) is 15.3. The maximum atomic E-state index is 12.1. The third-order valence-electron chi connectivity index (χ3n) is 7.93. The number of hydrogen-bond donors (Lipinski definition) is 1. The number of nitrogens with zero attached hydrogens (tertiary/aromatic N) is 1. The van der Waals surface area contributed by atoms with E-state index in [1.165, 1.54) is 38.3 Å². The van der Waals surface area contributed by atoms with Gasteiger partial charge in [0.1, 0.15) is 0 Å². The van der Waals surface area contributed by atoms with Crippen LogP contribution in [0.5, 0.6) is 0 Å². The van der Waals surface area contributed by atoms with Crippen LogP contribution in [0, 0.1) is 29.1 Å². The molecule has 1 amide bonds. The van der Waals surface area contributed by atoms with Crippen molar-refractivity contribution in [3.05, 3.63) is 48.0 Å². The van der Waals surface area contributed by atoms with Gasteiger partial charge in [0.25, 0.3) is 5.91 Å². The SMILES string of the molecule is CN(O)C(=O)C(C)(C)CC/C=C\C[C@H]1[C@@H](CCCCOCCC#CCCc2ccccc2)[C@H]2CC[C@@H]1O2. The molecule has 2 fully saturated rings. The zero-order chi connectivity index (χ0) is 26.5. The first-order chi connectivity index (χ1) is 17.9. The molecule has 2 aliphatic heterocycles. The molecule has 2 heterocycles. The third kappa shape index (κ3) is 9.60. The Balaban J connectivity index is 1.26. The number of hydroxylamine groups is 2. The van der Waals surface area contributed by atoms with Crippen LogP contribution < -0.4 is 0 Å². The molecule has 2 saturated heterocycles. The highest BCUT2D eigenvalue weighted by molar-refractivity contribution is 5.80. The molecule has 204 valence electrons. The largest absolute Gasteiger partial charge is 0.380 e. The molecule has 37 heavy (non-hydrogen) atoms. The number of ether oxygens (including phenoxy) is 2. The fraction of sp³-hybridized carbons (Fsp3) is 0.656. The standard InChI is InChI=1S/C32H47NO4/c1-32(2,31(34)33(3)35)23-13-7-11-19-27-28(30-22-21-29(27)37-30)20-12-15-25-36-24-14-5-4-8-16-26-17-9-6-10-18-26/h6-7,9-11,17-18,27-30,35H,8,12-16,19-25H2,1-3H3/b11-7-/t27-,28+,29-,30+/m0/s1. The monoisotopic (exact) mass is 509 g/mol. The van der Waals surface area contributed by atoms with Gasteiger partial charge in [-0.2, -0.15) is 0 Å². The average Bonchev–Trinajstić information content (AvgIpc) is 3.49. The highest BCUT2D eigenvalue weighted by Crippen LogP contribution is 2.47. The van der Waals surface area contributed by atoms with E-state index >= 15 is 0 Å². The maximum absolute atomic E-state index is 12.1. The van der Waals surface area contributed by atoms with E-state index in [-0.39, 0.29) is 5.91 Å². The lowest BCUT2D eigenvalue weighted by Gasteiger charge is -2.27. The summed E-state index contributed by atoms with van der Waals surface area (Å²) >= 11 is 0. The summed E-state index contributed by atoms with van der Waals surface area (Å²) in [5.41, 5.74) is 0.791. The number of unbranched alkanes of at least 4 members (excludes halogenated alkanes) is 1. The van der Waals surface area contributed by atoms with Gasteiger partial charge in [-0.25, -0.2) is 5.06 Å². The van der Waals surface area contributed by atoms with E-state index in [0.717, 1.165) is 58.2 Å². The Labute approximate surface area is 224 Å². The molecule has 3 rings (SSSR count). The van der Waals surface area contributed by atoms with Crippen LogP contribution >= 0.6 is 0 Å². The van der Waals surface area contributed by atoms with Gasteiger partial charge in [0, 0.05) is 31.9 Å². The molecule has 5 nitrogen and oxygen atoms in total. The second-order valence-corrected chi connectivity index (χ2v) is 11.3. The molecule has 4 atom stereocenters. The maximum Gasteiger partial charge on any atom is 0.251 e. The summed E-state index contributed by atoms with van der Waals surface area (Å²) in [5, 5.41) is 10.1. The average molecular weight is 510 g/mol. The summed E-state index contributed by atoms with van der Waals surface area (Å²) in [7, 11) is 1.39. The summed E-state index contributed by atoms with van der Waals surface area (Å²) in [6.07, 6.45) is 16.6. The van der Waals surface area contributed by atoms with Gasteiger partial charge in [0.2, 0.25) is 0 Å². The lowest BCUT2D eigenvalue weighted by atomic mass is 9.75. The van der Waals surface area contributed by atoms with Crippen molar-refractivity contribution in [2.45, 2.75) is 96.7 Å². The van der Waals surface area contributed by atoms with E-state index in [4.69, 9.17) is 9.47 Å². The predicted octanol–water partition coefficient (Wildman–Crippen LogP) is 6.59. The molecule has 1 aromatic carbocycles. The topological polar surface area (TPSA) is 59.0 Å². The molecule has 0 aliphatic carbocycles. The van der Waals surface area contributed by atoms with Crippen LogP contribution in [0.4, 0.5) is 0 Å². The van der Waals surface area contributed by atoms with Crippen molar-refractivity contribution >= 4 is 5.91 Å². The van der Waals surface area contributed by atoms with Crippen molar-refractivity contribution in [1.29, 1.82) is 0 Å². The second-order valence-electron chi connectivity index (χ2n) is 11.3. The fourth-order valence-corrected chi connectivity index (χ4v) is 5.80. The van der Waals surface area contributed by atoms with Crippen molar-refractivity contribution in [1.82, 2.24) is 5.06 Å². The minimum atomic E-state index is -0.553. The Morgan fingerprint density at radius 2 is 1.81 bits per heavy atom. The normalized spacial score (nSPS) is 22.8. The zero-order valence-electron chi connectivity index (χ0n) is 23.2. The van der Waals surface area contributed by atoms with Gasteiger partial charge in [0.05, 0.1) is 18.8 Å². The molecule has 2 bridgehead atoms. The Kier molecular flexibility index (Phi) is 12.2. The first kappa shape index (κ1) is 29.4. The lowest BCUT2D eigenvalue weighted by Crippen LogP contribution is -2.36.